The van der Waals surface area contributed by atoms with Gasteiger partial charge in [-0.25, -0.2) is 0 Å². The minimum atomic E-state index is -0.957. The fourth-order valence-electron chi connectivity index (χ4n) is 1.65. The highest BCUT2D eigenvalue weighted by Gasteiger charge is 2.30. The van der Waals surface area contributed by atoms with Crippen LogP contribution in [0, 0.1) is 0 Å². The molecule has 1 saturated carbocycles. The van der Waals surface area contributed by atoms with Crippen LogP contribution in [0.3, 0.4) is 0 Å². The van der Waals surface area contributed by atoms with Crippen molar-refractivity contribution in [2.24, 2.45) is 0 Å². The molecule has 0 aromatic heterocycles. The molecule has 1 aromatic carbocycles. The molecular formula is C13H17BrO3. The summed E-state index contributed by atoms with van der Waals surface area (Å²) in [7, 11) is 1.61. The van der Waals surface area contributed by atoms with Crippen LogP contribution >= 0.6 is 15.9 Å². The lowest BCUT2D eigenvalue weighted by Gasteiger charge is -2.23. The molecule has 0 unspecified atom stereocenters. The molecule has 17 heavy (non-hydrogen) atoms. The van der Waals surface area contributed by atoms with E-state index in [1.807, 2.05) is 12.1 Å². The Morgan fingerprint density at radius 3 is 2.47 bits per heavy atom. The molecule has 0 amide bonds. The average molecular weight is 301 g/mol. The van der Waals surface area contributed by atoms with E-state index >= 15 is 0 Å². The highest BCUT2D eigenvalue weighted by atomic mass is 79.9. The largest absolute Gasteiger partial charge is 0.493 e. The molecule has 3 nitrogen and oxygen atoms in total. The zero-order valence-electron chi connectivity index (χ0n) is 10.3. The predicted molar refractivity (Wildman–Crippen MR) is 69.6 cm³/mol. The molecule has 94 valence electrons. The molecule has 1 N–H and O–H groups in total. The van der Waals surface area contributed by atoms with E-state index in [-0.39, 0.29) is 6.10 Å². The molecule has 1 fully saturated rings. The Morgan fingerprint density at radius 1 is 1.35 bits per heavy atom. The lowest BCUT2D eigenvalue weighted by Crippen LogP contribution is -2.18. The van der Waals surface area contributed by atoms with Crippen LogP contribution in [-0.4, -0.2) is 18.3 Å². The SMILES string of the molecule is COc1cc(Br)cc(C(C)(C)O)c1OC1CC1. The molecule has 1 aliphatic rings. The minimum Gasteiger partial charge on any atom is -0.493 e. The van der Waals surface area contributed by atoms with Crippen molar-refractivity contribution >= 4 is 15.9 Å². The number of methoxy groups -OCH3 is 1. The highest BCUT2D eigenvalue weighted by Crippen LogP contribution is 2.42. The summed E-state index contributed by atoms with van der Waals surface area (Å²) in [6.45, 7) is 3.49. The Morgan fingerprint density at radius 2 is 2.00 bits per heavy atom. The van der Waals surface area contributed by atoms with E-state index in [1.165, 1.54) is 0 Å². The molecule has 0 radical (unpaired) electrons. The van der Waals surface area contributed by atoms with Crippen LogP contribution < -0.4 is 9.47 Å². The second-order valence-electron chi connectivity index (χ2n) is 4.86. The fraction of sp³-hybridized carbons (Fsp3) is 0.538. The third-order valence-electron chi connectivity index (χ3n) is 2.71. The zero-order valence-corrected chi connectivity index (χ0v) is 11.9. The number of aliphatic hydroxyl groups is 1. The molecular weight excluding hydrogens is 284 g/mol. The molecule has 2 rings (SSSR count). The smallest absolute Gasteiger partial charge is 0.167 e. The molecule has 0 atom stereocenters. The van der Waals surface area contributed by atoms with Gasteiger partial charge < -0.3 is 14.6 Å². The van der Waals surface area contributed by atoms with Gasteiger partial charge >= 0.3 is 0 Å². The lowest BCUT2D eigenvalue weighted by molar-refractivity contribution is 0.0737. The number of hydrogen-bond donors (Lipinski definition) is 1. The molecule has 0 bridgehead atoms. The van der Waals surface area contributed by atoms with Gasteiger partial charge in [-0.15, -0.1) is 0 Å². The van der Waals surface area contributed by atoms with E-state index in [4.69, 9.17) is 9.47 Å². The van der Waals surface area contributed by atoms with Gasteiger partial charge in [0.2, 0.25) is 0 Å². The molecule has 0 aliphatic heterocycles. The second kappa shape index (κ2) is 4.50. The first-order valence-electron chi connectivity index (χ1n) is 5.69. The number of hydrogen-bond acceptors (Lipinski definition) is 3. The van der Waals surface area contributed by atoms with Gasteiger partial charge in [0.25, 0.3) is 0 Å². The van der Waals surface area contributed by atoms with Crippen molar-refractivity contribution in [3.05, 3.63) is 22.2 Å². The quantitative estimate of drug-likeness (QED) is 0.928. The predicted octanol–water partition coefficient (Wildman–Crippen LogP) is 3.23. The summed E-state index contributed by atoms with van der Waals surface area (Å²) in [6.07, 6.45) is 2.42. The summed E-state index contributed by atoms with van der Waals surface area (Å²) in [4.78, 5) is 0. The Bertz CT molecular complexity index is 419. The summed E-state index contributed by atoms with van der Waals surface area (Å²) in [6, 6.07) is 3.73. The second-order valence-corrected chi connectivity index (χ2v) is 5.78. The van der Waals surface area contributed by atoms with E-state index < -0.39 is 5.60 Å². The van der Waals surface area contributed by atoms with E-state index in [2.05, 4.69) is 15.9 Å². The standard InChI is InChI=1S/C13H17BrO3/c1-13(2,15)10-6-8(14)7-11(16-3)12(10)17-9-4-5-9/h6-7,9,15H,4-5H2,1-3H3. The summed E-state index contributed by atoms with van der Waals surface area (Å²) in [5.74, 6) is 1.31. The summed E-state index contributed by atoms with van der Waals surface area (Å²) < 4.78 is 12.0. The maximum absolute atomic E-state index is 10.2. The molecule has 1 aromatic rings. The fourth-order valence-corrected chi connectivity index (χ4v) is 2.09. The van der Waals surface area contributed by atoms with Crippen molar-refractivity contribution in [3.8, 4) is 11.5 Å². The monoisotopic (exact) mass is 300 g/mol. The van der Waals surface area contributed by atoms with Crippen molar-refractivity contribution in [1.29, 1.82) is 0 Å². The maximum atomic E-state index is 10.2. The van der Waals surface area contributed by atoms with Gasteiger partial charge in [-0.3, -0.25) is 0 Å². The number of ether oxygens (including phenoxy) is 2. The van der Waals surface area contributed by atoms with Gasteiger partial charge in [-0.05, 0) is 38.8 Å². The number of benzene rings is 1. The number of halogens is 1. The Labute approximate surface area is 110 Å². The third kappa shape index (κ3) is 2.93. The summed E-state index contributed by atoms with van der Waals surface area (Å²) >= 11 is 3.42. The van der Waals surface area contributed by atoms with Crippen molar-refractivity contribution in [2.75, 3.05) is 7.11 Å². The molecule has 0 saturated heterocycles. The van der Waals surface area contributed by atoms with Crippen molar-refractivity contribution in [2.45, 2.75) is 38.4 Å². The summed E-state index contributed by atoms with van der Waals surface area (Å²) in [5, 5.41) is 10.2. The Balaban J connectivity index is 2.48. The van der Waals surface area contributed by atoms with Crippen LogP contribution in [0.25, 0.3) is 0 Å². The lowest BCUT2D eigenvalue weighted by atomic mass is 9.97. The molecule has 4 heteroatoms. The first-order chi connectivity index (χ1) is 7.91. The van der Waals surface area contributed by atoms with Crippen molar-refractivity contribution in [3.63, 3.8) is 0 Å². The molecule has 1 aliphatic carbocycles. The van der Waals surface area contributed by atoms with E-state index in [1.54, 1.807) is 21.0 Å². The summed E-state index contributed by atoms with van der Waals surface area (Å²) in [5.41, 5.74) is -0.211. The minimum absolute atomic E-state index is 0.270. The topological polar surface area (TPSA) is 38.7 Å². The normalized spacial score (nSPS) is 15.8. The van der Waals surface area contributed by atoms with E-state index in [0.29, 0.717) is 11.5 Å². The van der Waals surface area contributed by atoms with Crippen LogP contribution in [0.4, 0.5) is 0 Å². The van der Waals surface area contributed by atoms with Gasteiger partial charge in [-0.1, -0.05) is 15.9 Å². The van der Waals surface area contributed by atoms with E-state index in [0.717, 1.165) is 22.9 Å². The first kappa shape index (κ1) is 12.7. The van der Waals surface area contributed by atoms with Gasteiger partial charge in [-0.2, -0.15) is 0 Å². The van der Waals surface area contributed by atoms with Gasteiger partial charge in [0, 0.05) is 10.0 Å². The zero-order chi connectivity index (χ0) is 12.6. The van der Waals surface area contributed by atoms with Crippen molar-refractivity contribution in [1.82, 2.24) is 0 Å². The van der Waals surface area contributed by atoms with Crippen LogP contribution in [0.5, 0.6) is 11.5 Å². The van der Waals surface area contributed by atoms with Crippen LogP contribution in [-0.2, 0) is 5.60 Å². The average Bonchev–Trinajstić information content (AvgIpc) is 3.02. The Kier molecular flexibility index (Phi) is 3.36. The van der Waals surface area contributed by atoms with E-state index in [9.17, 15) is 5.11 Å². The Hall–Kier alpha value is -0.740. The molecule has 0 spiro atoms. The maximum Gasteiger partial charge on any atom is 0.167 e. The third-order valence-corrected chi connectivity index (χ3v) is 3.17. The van der Waals surface area contributed by atoms with Gasteiger partial charge in [0.1, 0.15) is 0 Å². The van der Waals surface area contributed by atoms with Crippen LogP contribution in [0.1, 0.15) is 32.3 Å². The first-order valence-corrected chi connectivity index (χ1v) is 6.48. The van der Waals surface area contributed by atoms with Gasteiger partial charge in [0.15, 0.2) is 11.5 Å². The van der Waals surface area contributed by atoms with Crippen molar-refractivity contribution < 1.29 is 14.6 Å². The highest BCUT2D eigenvalue weighted by molar-refractivity contribution is 9.10. The van der Waals surface area contributed by atoms with Crippen LogP contribution in [0.2, 0.25) is 0 Å². The molecule has 0 heterocycles. The van der Waals surface area contributed by atoms with Crippen LogP contribution in [0.15, 0.2) is 16.6 Å². The van der Waals surface area contributed by atoms with Gasteiger partial charge in [0.05, 0.1) is 18.8 Å². The number of rotatable bonds is 4.